The highest BCUT2D eigenvalue weighted by Crippen LogP contribution is 2.07. The van der Waals surface area contributed by atoms with Gasteiger partial charge in [-0.25, -0.2) is 4.79 Å². The highest BCUT2D eigenvalue weighted by molar-refractivity contribution is 5.74. The summed E-state index contributed by atoms with van der Waals surface area (Å²) in [5, 5.41) is 19.2. The topological polar surface area (TPSA) is 79.2 Å². The molecule has 0 saturated carbocycles. The normalized spacial score (nSPS) is 12.2. The van der Waals surface area contributed by atoms with Crippen molar-refractivity contribution in [3.05, 3.63) is 53.9 Å². The first-order valence-corrected chi connectivity index (χ1v) is 8.27. The number of rotatable bonds is 8. The van der Waals surface area contributed by atoms with Crippen LogP contribution in [-0.2, 0) is 13.1 Å². The number of carbonyl (C=O) groups is 1. The number of urea groups is 1. The fourth-order valence-corrected chi connectivity index (χ4v) is 2.59. The molecule has 24 heavy (non-hydrogen) atoms. The van der Waals surface area contributed by atoms with Gasteiger partial charge in [-0.05, 0) is 29.5 Å². The van der Waals surface area contributed by atoms with Crippen LogP contribution >= 0.6 is 0 Å². The Morgan fingerprint density at radius 3 is 2.75 bits per heavy atom. The van der Waals surface area contributed by atoms with E-state index in [4.69, 9.17) is 0 Å². The zero-order valence-electron chi connectivity index (χ0n) is 14.3. The first-order valence-electron chi connectivity index (χ1n) is 8.27. The Kier molecular flexibility index (Phi) is 6.81. The van der Waals surface area contributed by atoms with Gasteiger partial charge in [0.1, 0.15) is 0 Å². The quantitative estimate of drug-likeness (QED) is 0.694. The van der Waals surface area contributed by atoms with Crippen LogP contribution in [0.4, 0.5) is 4.79 Å². The van der Waals surface area contributed by atoms with Crippen LogP contribution < -0.4 is 10.6 Å². The van der Waals surface area contributed by atoms with Gasteiger partial charge in [-0.2, -0.15) is 5.10 Å². The molecule has 2 amide bonds. The van der Waals surface area contributed by atoms with Gasteiger partial charge in [0.05, 0.1) is 19.2 Å². The Labute approximate surface area is 142 Å². The van der Waals surface area contributed by atoms with Crippen LogP contribution in [0.25, 0.3) is 0 Å². The molecule has 1 aromatic carbocycles. The van der Waals surface area contributed by atoms with Crippen LogP contribution in [-0.4, -0.2) is 33.6 Å². The Morgan fingerprint density at radius 2 is 2.08 bits per heavy atom. The third-order valence-electron chi connectivity index (χ3n) is 3.66. The van der Waals surface area contributed by atoms with E-state index in [9.17, 15) is 9.90 Å². The fourth-order valence-electron chi connectivity index (χ4n) is 2.59. The summed E-state index contributed by atoms with van der Waals surface area (Å²) in [6, 6.07) is 9.47. The van der Waals surface area contributed by atoms with Crippen molar-refractivity contribution in [2.75, 3.05) is 6.61 Å². The van der Waals surface area contributed by atoms with Gasteiger partial charge in [-0.15, -0.1) is 0 Å². The average Bonchev–Trinajstić information content (AvgIpc) is 3.05. The second kappa shape index (κ2) is 9.08. The number of amides is 2. The maximum atomic E-state index is 12.0. The Morgan fingerprint density at radius 1 is 1.29 bits per heavy atom. The minimum absolute atomic E-state index is 0.0506. The SMILES string of the molecule is CC(C)CC(CO)NC(=O)NCc1cccc(Cn2cccn2)c1. The summed E-state index contributed by atoms with van der Waals surface area (Å²) in [4.78, 5) is 12.0. The van der Waals surface area contributed by atoms with Crippen molar-refractivity contribution in [3.8, 4) is 0 Å². The van der Waals surface area contributed by atoms with Gasteiger partial charge in [0.2, 0.25) is 0 Å². The van der Waals surface area contributed by atoms with Crippen molar-refractivity contribution < 1.29 is 9.90 Å². The highest BCUT2D eigenvalue weighted by Gasteiger charge is 2.12. The van der Waals surface area contributed by atoms with E-state index in [1.807, 2.05) is 35.1 Å². The van der Waals surface area contributed by atoms with Crippen LogP contribution in [0.3, 0.4) is 0 Å². The summed E-state index contributed by atoms with van der Waals surface area (Å²) in [6.45, 7) is 5.22. The van der Waals surface area contributed by atoms with E-state index in [1.165, 1.54) is 0 Å². The third kappa shape index (κ3) is 6.04. The largest absolute Gasteiger partial charge is 0.394 e. The lowest BCUT2D eigenvalue weighted by Crippen LogP contribution is -2.44. The predicted octanol–water partition coefficient (Wildman–Crippen LogP) is 2.14. The van der Waals surface area contributed by atoms with Gasteiger partial charge in [0.15, 0.2) is 0 Å². The number of aromatic nitrogens is 2. The van der Waals surface area contributed by atoms with Gasteiger partial charge in [0.25, 0.3) is 0 Å². The molecule has 0 fully saturated rings. The first kappa shape index (κ1) is 18.0. The minimum Gasteiger partial charge on any atom is -0.394 e. The van der Waals surface area contributed by atoms with Gasteiger partial charge < -0.3 is 15.7 Å². The smallest absolute Gasteiger partial charge is 0.315 e. The minimum atomic E-state index is -0.257. The molecule has 1 aromatic heterocycles. The molecule has 6 nitrogen and oxygen atoms in total. The van der Waals surface area contributed by atoms with Crippen molar-refractivity contribution in [2.45, 2.75) is 39.4 Å². The molecule has 0 radical (unpaired) electrons. The molecule has 0 aliphatic carbocycles. The molecule has 1 unspecified atom stereocenters. The van der Waals surface area contributed by atoms with E-state index >= 15 is 0 Å². The maximum Gasteiger partial charge on any atom is 0.315 e. The lowest BCUT2D eigenvalue weighted by atomic mass is 10.0. The molecule has 0 saturated heterocycles. The highest BCUT2D eigenvalue weighted by atomic mass is 16.3. The zero-order valence-corrected chi connectivity index (χ0v) is 14.3. The van der Waals surface area contributed by atoms with E-state index in [2.05, 4.69) is 35.6 Å². The van der Waals surface area contributed by atoms with Crippen molar-refractivity contribution >= 4 is 6.03 Å². The summed E-state index contributed by atoms with van der Waals surface area (Å²) in [5.41, 5.74) is 2.16. The predicted molar refractivity (Wildman–Crippen MR) is 93.5 cm³/mol. The van der Waals surface area contributed by atoms with Crippen LogP contribution in [0.5, 0.6) is 0 Å². The summed E-state index contributed by atoms with van der Waals surface area (Å²) in [5.74, 6) is 0.418. The van der Waals surface area contributed by atoms with Crippen molar-refractivity contribution in [2.24, 2.45) is 5.92 Å². The number of aliphatic hydroxyl groups is 1. The molecule has 1 atom stereocenters. The Balaban J connectivity index is 1.84. The third-order valence-corrected chi connectivity index (χ3v) is 3.66. The summed E-state index contributed by atoms with van der Waals surface area (Å²) in [7, 11) is 0. The van der Waals surface area contributed by atoms with Gasteiger partial charge >= 0.3 is 6.03 Å². The second-order valence-corrected chi connectivity index (χ2v) is 6.36. The molecule has 2 aromatic rings. The fraction of sp³-hybridized carbons (Fsp3) is 0.444. The van der Waals surface area contributed by atoms with E-state index in [1.54, 1.807) is 6.20 Å². The van der Waals surface area contributed by atoms with E-state index in [0.717, 1.165) is 17.5 Å². The lowest BCUT2D eigenvalue weighted by molar-refractivity contribution is 0.206. The summed E-state index contributed by atoms with van der Waals surface area (Å²) in [6.07, 6.45) is 4.43. The van der Waals surface area contributed by atoms with E-state index in [-0.39, 0.29) is 18.7 Å². The van der Waals surface area contributed by atoms with Gasteiger partial charge in [-0.3, -0.25) is 4.68 Å². The van der Waals surface area contributed by atoms with E-state index < -0.39 is 0 Å². The summed E-state index contributed by atoms with van der Waals surface area (Å²) >= 11 is 0. The van der Waals surface area contributed by atoms with Gasteiger partial charge in [-0.1, -0.05) is 38.1 Å². The molecule has 6 heteroatoms. The number of benzene rings is 1. The lowest BCUT2D eigenvalue weighted by Gasteiger charge is -2.18. The number of aliphatic hydroxyl groups excluding tert-OH is 1. The maximum absolute atomic E-state index is 12.0. The Hall–Kier alpha value is -2.34. The number of hydrogen-bond donors (Lipinski definition) is 3. The Bertz CT molecular complexity index is 626. The zero-order chi connectivity index (χ0) is 17.4. The number of nitrogens with one attached hydrogen (secondary N) is 2. The molecule has 0 spiro atoms. The molecule has 130 valence electrons. The van der Waals surface area contributed by atoms with Crippen LogP contribution in [0.15, 0.2) is 42.7 Å². The molecular weight excluding hydrogens is 304 g/mol. The molecule has 0 aliphatic rings. The number of nitrogens with zero attached hydrogens (tertiary/aromatic N) is 2. The molecular formula is C18H26N4O2. The molecule has 0 aliphatic heterocycles. The number of carbonyl (C=O) groups excluding carboxylic acids is 1. The summed E-state index contributed by atoms with van der Waals surface area (Å²) < 4.78 is 1.86. The second-order valence-electron chi connectivity index (χ2n) is 6.36. The van der Waals surface area contributed by atoms with E-state index in [0.29, 0.717) is 19.0 Å². The van der Waals surface area contributed by atoms with Crippen LogP contribution in [0.1, 0.15) is 31.4 Å². The molecule has 0 bridgehead atoms. The number of hydrogen-bond acceptors (Lipinski definition) is 3. The van der Waals surface area contributed by atoms with Crippen LogP contribution in [0, 0.1) is 5.92 Å². The monoisotopic (exact) mass is 330 g/mol. The molecule has 1 heterocycles. The van der Waals surface area contributed by atoms with Crippen molar-refractivity contribution in [1.29, 1.82) is 0 Å². The average molecular weight is 330 g/mol. The van der Waals surface area contributed by atoms with Gasteiger partial charge in [0, 0.05) is 18.9 Å². The van der Waals surface area contributed by atoms with Crippen molar-refractivity contribution in [3.63, 3.8) is 0 Å². The van der Waals surface area contributed by atoms with Crippen molar-refractivity contribution in [1.82, 2.24) is 20.4 Å². The van der Waals surface area contributed by atoms with Crippen LogP contribution in [0.2, 0.25) is 0 Å². The standard InChI is InChI=1S/C18H26N4O2/c1-14(2)9-17(13-23)21-18(24)19-11-15-5-3-6-16(10-15)12-22-8-4-7-20-22/h3-8,10,14,17,23H,9,11-13H2,1-2H3,(H2,19,21,24). The first-order chi connectivity index (χ1) is 11.6. The molecule has 3 N–H and O–H groups in total. The molecule has 2 rings (SSSR count).